The molecular formula is C34H47NO4. The van der Waals surface area contributed by atoms with E-state index in [1.54, 1.807) is 24.3 Å². The quantitative estimate of drug-likeness (QED) is 0.109. The van der Waals surface area contributed by atoms with Crippen molar-refractivity contribution in [2.24, 2.45) is 17.3 Å². The zero-order valence-electron chi connectivity index (χ0n) is 24.3. The normalized spacial score (nSPS) is 22.8. The van der Waals surface area contributed by atoms with Crippen molar-refractivity contribution in [2.75, 3.05) is 0 Å². The molecular weight excluding hydrogens is 486 g/mol. The van der Waals surface area contributed by atoms with Gasteiger partial charge in [0.1, 0.15) is 11.5 Å². The number of ether oxygens (including phenoxy) is 2. The Hall–Kier alpha value is -2.87. The molecule has 1 atom stereocenters. The molecule has 39 heavy (non-hydrogen) atoms. The first-order chi connectivity index (χ1) is 18.8. The average molecular weight is 534 g/mol. The summed E-state index contributed by atoms with van der Waals surface area (Å²) in [7, 11) is 0. The van der Waals surface area contributed by atoms with E-state index < -0.39 is 0 Å². The zero-order valence-corrected chi connectivity index (χ0v) is 24.3. The van der Waals surface area contributed by atoms with Crippen LogP contribution in [0.1, 0.15) is 117 Å². The van der Waals surface area contributed by atoms with Crippen molar-refractivity contribution in [2.45, 2.75) is 117 Å². The Balaban J connectivity index is 1.41. The number of carbonyl (C=O) groups excluding carboxylic acids is 2. The lowest BCUT2D eigenvalue weighted by Crippen LogP contribution is -2.31. The van der Waals surface area contributed by atoms with Crippen LogP contribution in [0.15, 0.2) is 47.6 Å². The standard InChI is InChI=1S/C34H47NO4/c1-4-5-6-7-8-22-34(25-35)23-20-29(21-24-34)33(37)39-31-18-16-30(17-19-31)38-32(36)28-14-12-27(13-15-28)11-9-10-26(2)3/h10,12,16-19,28-29H,4-9,11,13-15,20-24H2,1-3H3. The molecule has 0 spiro atoms. The minimum atomic E-state index is -0.282. The minimum Gasteiger partial charge on any atom is -0.426 e. The van der Waals surface area contributed by atoms with Crippen LogP contribution < -0.4 is 9.47 Å². The van der Waals surface area contributed by atoms with Crippen LogP contribution in [0.25, 0.3) is 0 Å². The van der Waals surface area contributed by atoms with E-state index in [2.05, 4.69) is 39.0 Å². The molecule has 1 fully saturated rings. The Morgan fingerprint density at radius 3 is 2.10 bits per heavy atom. The molecule has 0 radical (unpaired) electrons. The van der Waals surface area contributed by atoms with Gasteiger partial charge in [0.25, 0.3) is 0 Å². The van der Waals surface area contributed by atoms with Crippen molar-refractivity contribution >= 4 is 11.9 Å². The van der Waals surface area contributed by atoms with E-state index in [1.807, 2.05) is 0 Å². The molecule has 212 valence electrons. The molecule has 0 aromatic heterocycles. The van der Waals surface area contributed by atoms with E-state index in [-0.39, 0.29) is 29.2 Å². The van der Waals surface area contributed by atoms with Gasteiger partial charge in [-0.05, 0) is 102 Å². The number of allylic oxidation sites excluding steroid dienone is 4. The molecule has 3 rings (SSSR count). The number of nitriles is 1. The van der Waals surface area contributed by atoms with Crippen molar-refractivity contribution in [1.29, 1.82) is 5.26 Å². The van der Waals surface area contributed by atoms with E-state index in [9.17, 15) is 14.9 Å². The SMILES string of the molecule is CCCCCCCC1(C#N)CCC(C(=O)Oc2ccc(OC(=O)C3CC=C(CCC=C(C)C)CC3)cc2)CC1. The molecule has 0 amide bonds. The third-order valence-electron chi connectivity index (χ3n) is 8.39. The van der Waals surface area contributed by atoms with Gasteiger partial charge in [-0.3, -0.25) is 9.59 Å². The van der Waals surface area contributed by atoms with Gasteiger partial charge in [-0.15, -0.1) is 0 Å². The molecule has 5 nitrogen and oxygen atoms in total. The Bertz CT molecular complexity index is 1030. The third-order valence-corrected chi connectivity index (χ3v) is 8.39. The highest BCUT2D eigenvalue weighted by molar-refractivity contribution is 5.76. The predicted octanol–water partition coefficient (Wildman–Crippen LogP) is 9.03. The Morgan fingerprint density at radius 2 is 1.56 bits per heavy atom. The fourth-order valence-electron chi connectivity index (χ4n) is 5.74. The first-order valence-electron chi connectivity index (χ1n) is 15.1. The zero-order chi connectivity index (χ0) is 28.1. The molecule has 1 unspecified atom stereocenters. The maximum absolute atomic E-state index is 12.8. The first-order valence-corrected chi connectivity index (χ1v) is 15.1. The molecule has 0 saturated heterocycles. The summed E-state index contributed by atoms with van der Waals surface area (Å²) >= 11 is 0. The lowest BCUT2D eigenvalue weighted by Gasteiger charge is -2.34. The number of hydrogen-bond acceptors (Lipinski definition) is 5. The largest absolute Gasteiger partial charge is 0.426 e. The van der Waals surface area contributed by atoms with Crippen LogP contribution in [0.3, 0.4) is 0 Å². The third kappa shape index (κ3) is 9.99. The molecule has 5 heteroatoms. The highest BCUT2D eigenvalue weighted by Gasteiger charge is 2.38. The maximum Gasteiger partial charge on any atom is 0.314 e. The van der Waals surface area contributed by atoms with Crippen LogP contribution in [0, 0.1) is 28.6 Å². The van der Waals surface area contributed by atoms with Gasteiger partial charge in [-0.25, -0.2) is 0 Å². The van der Waals surface area contributed by atoms with E-state index >= 15 is 0 Å². The number of unbranched alkanes of at least 4 members (excludes halogenated alkanes) is 4. The number of carbonyl (C=O) groups is 2. The number of rotatable bonds is 13. The predicted molar refractivity (Wildman–Crippen MR) is 155 cm³/mol. The van der Waals surface area contributed by atoms with E-state index in [0.29, 0.717) is 24.3 Å². The molecule has 2 aliphatic rings. The Morgan fingerprint density at radius 1 is 0.949 bits per heavy atom. The van der Waals surface area contributed by atoms with Crippen LogP contribution >= 0.6 is 0 Å². The summed E-state index contributed by atoms with van der Waals surface area (Å²) in [5, 5.41) is 9.83. The van der Waals surface area contributed by atoms with Gasteiger partial charge >= 0.3 is 11.9 Å². The topological polar surface area (TPSA) is 76.4 Å². The molecule has 1 aromatic rings. The number of hydrogen-bond donors (Lipinski definition) is 0. The molecule has 0 aliphatic heterocycles. The van der Waals surface area contributed by atoms with Crippen LogP contribution in [0.2, 0.25) is 0 Å². The molecule has 1 saturated carbocycles. The molecule has 2 aliphatic carbocycles. The summed E-state index contributed by atoms with van der Waals surface area (Å²) in [6.45, 7) is 6.44. The molecule has 0 heterocycles. The van der Waals surface area contributed by atoms with E-state index in [4.69, 9.17) is 9.47 Å². The second kappa shape index (κ2) is 15.7. The lowest BCUT2D eigenvalue weighted by molar-refractivity contribution is -0.141. The fraction of sp³-hybridized carbons (Fsp3) is 0.618. The lowest BCUT2D eigenvalue weighted by atomic mass is 9.69. The summed E-state index contributed by atoms with van der Waals surface area (Å²) < 4.78 is 11.3. The summed E-state index contributed by atoms with van der Waals surface area (Å²) in [5.74, 6) is 0.202. The van der Waals surface area contributed by atoms with Gasteiger partial charge in [-0.1, -0.05) is 62.3 Å². The van der Waals surface area contributed by atoms with Crippen LogP contribution in [0.4, 0.5) is 0 Å². The van der Waals surface area contributed by atoms with Crippen molar-refractivity contribution in [3.05, 3.63) is 47.6 Å². The second-order valence-electron chi connectivity index (χ2n) is 11.8. The second-order valence-corrected chi connectivity index (χ2v) is 11.8. The molecule has 0 bridgehead atoms. The molecule has 0 N–H and O–H groups in total. The van der Waals surface area contributed by atoms with Crippen molar-refractivity contribution in [3.63, 3.8) is 0 Å². The van der Waals surface area contributed by atoms with Crippen molar-refractivity contribution in [3.8, 4) is 17.6 Å². The van der Waals surface area contributed by atoms with Crippen LogP contribution in [0.5, 0.6) is 11.5 Å². The number of esters is 2. The van der Waals surface area contributed by atoms with Gasteiger partial charge < -0.3 is 9.47 Å². The van der Waals surface area contributed by atoms with Crippen LogP contribution in [-0.2, 0) is 9.59 Å². The van der Waals surface area contributed by atoms with Gasteiger partial charge in [-0.2, -0.15) is 5.26 Å². The monoisotopic (exact) mass is 533 g/mol. The van der Waals surface area contributed by atoms with Crippen molar-refractivity contribution < 1.29 is 19.1 Å². The Kier molecular flexibility index (Phi) is 12.3. The number of nitrogens with zero attached hydrogens (tertiary/aromatic N) is 1. The summed E-state index contributed by atoms with van der Waals surface area (Å²) in [6, 6.07) is 9.31. The highest BCUT2D eigenvalue weighted by atomic mass is 16.5. The summed E-state index contributed by atoms with van der Waals surface area (Å²) in [4.78, 5) is 25.5. The van der Waals surface area contributed by atoms with E-state index in [1.165, 1.54) is 36.8 Å². The van der Waals surface area contributed by atoms with Gasteiger partial charge in [0.15, 0.2) is 0 Å². The van der Waals surface area contributed by atoms with Gasteiger partial charge in [0, 0.05) is 0 Å². The van der Waals surface area contributed by atoms with Gasteiger partial charge in [0.05, 0.1) is 23.3 Å². The van der Waals surface area contributed by atoms with Crippen molar-refractivity contribution in [1.82, 2.24) is 0 Å². The summed E-state index contributed by atoms with van der Waals surface area (Å²) in [6.07, 6.45) is 18.9. The maximum atomic E-state index is 12.8. The first kappa shape index (κ1) is 30.7. The fourth-order valence-corrected chi connectivity index (χ4v) is 5.74. The van der Waals surface area contributed by atoms with Gasteiger partial charge in [0.2, 0.25) is 0 Å². The molecule has 1 aromatic carbocycles. The minimum absolute atomic E-state index is 0.113. The number of benzene rings is 1. The summed E-state index contributed by atoms with van der Waals surface area (Å²) in [5.41, 5.74) is 2.49. The Labute approximate surface area is 235 Å². The van der Waals surface area contributed by atoms with E-state index in [0.717, 1.165) is 57.8 Å². The highest BCUT2D eigenvalue weighted by Crippen LogP contribution is 2.43. The van der Waals surface area contributed by atoms with Crippen LogP contribution in [-0.4, -0.2) is 11.9 Å². The smallest absolute Gasteiger partial charge is 0.314 e. The average Bonchev–Trinajstić information content (AvgIpc) is 2.94.